The van der Waals surface area contributed by atoms with Gasteiger partial charge in [-0.3, -0.25) is 4.79 Å². The van der Waals surface area contributed by atoms with E-state index in [0.717, 1.165) is 31.2 Å². The summed E-state index contributed by atoms with van der Waals surface area (Å²) in [4.78, 5) is 13.3. The van der Waals surface area contributed by atoms with Crippen molar-refractivity contribution >= 4 is 5.97 Å². The van der Waals surface area contributed by atoms with Crippen LogP contribution < -0.4 is 0 Å². The van der Waals surface area contributed by atoms with Gasteiger partial charge >= 0.3 is 5.97 Å². The zero-order valence-corrected chi connectivity index (χ0v) is 10.4. The third-order valence-electron chi connectivity index (χ3n) is 4.43. The molecule has 0 radical (unpaired) electrons. The van der Waals surface area contributed by atoms with E-state index in [9.17, 15) is 4.79 Å². The highest BCUT2D eigenvalue weighted by molar-refractivity contribution is 5.68. The third-order valence-corrected chi connectivity index (χ3v) is 4.43. The summed E-state index contributed by atoms with van der Waals surface area (Å²) in [6.45, 7) is 7.93. The lowest BCUT2D eigenvalue weighted by Crippen LogP contribution is -2.54. The Balaban J connectivity index is 1.78. The molecule has 0 atom stereocenters. The topological polar surface area (TPSA) is 40.5 Å². The molecule has 92 valence electrons. The van der Waals surface area contributed by atoms with E-state index < -0.39 is 5.97 Å². The number of nitrogens with zero attached hydrogens (tertiary/aromatic N) is 1. The minimum absolute atomic E-state index is 0.119. The number of aliphatic carboxylic acids is 1. The van der Waals surface area contributed by atoms with Gasteiger partial charge in [0, 0.05) is 19.6 Å². The summed E-state index contributed by atoms with van der Waals surface area (Å²) in [5.41, 5.74) is 0.119. The first-order valence-corrected chi connectivity index (χ1v) is 6.45. The summed E-state index contributed by atoms with van der Waals surface area (Å²) in [5.74, 6) is 0.982. The van der Waals surface area contributed by atoms with E-state index in [2.05, 4.69) is 18.7 Å². The van der Waals surface area contributed by atoms with E-state index in [1.165, 1.54) is 19.5 Å². The molecule has 0 aromatic rings. The van der Waals surface area contributed by atoms with Crippen LogP contribution in [0.3, 0.4) is 0 Å². The van der Waals surface area contributed by atoms with Crippen molar-refractivity contribution in [2.75, 3.05) is 19.6 Å². The van der Waals surface area contributed by atoms with Gasteiger partial charge in [-0.2, -0.15) is 0 Å². The Bertz CT molecular complexity index is 265. The number of likely N-dealkylation sites (tertiary alicyclic amines) is 1. The highest BCUT2D eigenvalue weighted by Crippen LogP contribution is 2.45. The fourth-order valence-corrected chi connectivity index (χ4v) is 3.02. The number of hydrogen-bond acceptors (Lipinski definition) is 2. The van der Waals surface area contributed by atoms with Gasteiger partial charge in [0.15, 0.2) is 0 Å². The van der Waals surface area contributed by atoms with Crippen molar-refractivity contribution in [2.45, 2.75) is 39.5 Å². The van der Waals surface area contributed by atoms with Gasteiger partial charge in [-0.05, 0) is 30.1 Å². The smallest absolute Gasteiger partial charge is 0.303 e. The molecular formula is C13H23NO2. The molecule has 0 bridgehead atoms. The zero-order valence-electron chi connectivity index (χ0n) is 10.4. The number of carboxylic acid groups (broad SMARTS) is 1. The Morgan fingerprint density at radius 1 is 1.44 bits per heavy atom. The molecule has 2 fully saturated rings. The molecule has 1 heterocycles. The second kappa shape index (κ2) is 4.36. The highest BCUT2D eigenvalue weighted by atomic mass is 16.4. The van der Waals surface area contributed by atoms with Crippen LogP contribution in [0.4, 0.5) is 0 Å². The van der Waals surface area contributed by atoms with Crippen LogP contribution in [0.25, 0.3) is 0 Å². The zero-order chi connectivity index (χ0) is 11.8. The average molecular weight is 225 g/mol. The highest BCUT2D eigenvalue weighted by Gasteiger charge is 2.42. The fourth-order valence-electron chi connectivity index (χ4n) is 3.02. The molecule has 2 aliphatic rings. The molecule has 1 saturated carbocycles. The average Bonchev–Trinajstić information content (AvgIpc) is 2.04. The van der Waals surface area contributed by atoms with Crippen LogP contribution in [-0.4, -0.2) is 35.6 Å². The largest absolute Gasteiger partial charge is 0.481 e. The standard InChI is InChI=1S/C13H23NO2/c1-10(2)11-7-14(8-11)9-13(4-3-5-13)6-12(15)16/h10-11H,3-9H2,1-2H3,(H,15,16). The van der Waals surface area contributed by atoms with E-state index in [1.807, 2.05) is 0 Å². The molecule has 0 unspecified atom stereocenters. The minimum atomic E-state index is -0.624. The van der Waals surface area contributed by atoms with Gasteiger partial charge in [-0.1, -0.05) is 20.3 Å². The van der Waals surface area contributed by atoms with Crippen LogP contribution in [-0.2, 0) is 4.79 Å². The Morgan fingerprint density at radius 2 is 2.06 bits per heavy atom. The van der Waals surface area contributed by atoms with Crippen LogP contribution in [0.15, 0.2) is 0 Å². The molecule has 1 saturated heterocycles. The van der Waals surface area contributed by atoms with Crippen molar-refractivity contribution < 1.29 is 9.90 Å². The lowest BCUT2D eigenvalue weighted by Gasteiger charge is -2.50. The monoisotopic (exact) mass is 225 g/mol. The summed E-state index contributed by atoms with van der Waals surface area (Å²) in [6.07, 6.45) is 3.81. The van der Waals surface area contributed by atoms with Gasteiger partial charge in [0.1, 0.15) is 0 Å². The molecule has 0 spiro atoms. The van der Waals surface area contributed by atoms with Crippen molar-refractivity contribution in [1.29, 1.82) is 0 Å². The first-order chi connectivity index (χ1) is 7.51. The van der Waals surface area contributed by atoms with Crippen molar-refractivity contribution in [3.05, 3.63) is 0 Å². The Hall–Kier alpha value is -0.570. The molecule has 0 aromatic heterocycles. The molecular weight excluding hydrogens is 202 g/mol. The minimum Gasteiger partial charge on any atom is -0.481 e. The van der Waals surface area contributed by atoms with E-state index in [-0.39, 0.29) is 5.41 Å². The van der Waals surface area contributed by atoms with E-state index >= 15 is 0 Å². The lowest BCUT2D eigenvalue weighted by atomic mass is 9.65. The second-order valence-corrected chi connectivity index (χ2v) is 6.12. The van der Waals surface area contributed by atoms with Crippen LogP contribution in [0, 0.1) is 17.3 Å². The predicted octanol–water partition coefficient (Wildman–Crippen LogP) is 2.22. The maximum atomic E-state index is 10.8. The van der Waals surface area contributed by atoms with Gasteiger partial charge in [-0.25, -0.2) is 0 Å². The Kier molecular flexibility index (Phi) is 3.24. The van der Waals surface area contributed by atoms with Crippen LogP contribution in [0.5, 0.6) is 0 Å². The predicted molar refractivity (Wildman–Crippen MR) is 63.3 cm³/mol. The first kappa shape index (κ1) is 11.9. The number of hydrogen-bond donors (Lipinski definition) is 1. The molecule has 3 nitrogen and oxygen atoms in total. The summed E-state index contributed by atoms with van der Waals surface area (Å²) < 4.78 is 0. The van der Waals surface area contributed by atoms with E-state index in [4.69, 9.17) is 5.11 Å². The van der Waals surface area contributed by atoms with Crippen molar-refractivity contribution in [3.8, 4) is 0 Å². The van der Waals surface area contributed by atoms with Gasteiger partial charge in [0.25, 0.3) is 0 Å². The Morgan fingerprint density at radius 3 is 2.44 bits per heavy atom. The third kappa shape index (κ3) is 2.40. The molecule has 3 heteroatoms. The number of carbonyl (C=O) groups is 1. The van der Waals surface area contributed by atoms with E-state index in [1.54, 1.807) is 0 Å². The summed E-state index contributed by atoms with van der Waals surface area (Å²) in [5, 5.41) is 8.94. The van der Waals surface area contributed by atoms with Gasteiger partial charge in [0.05, 0.1) is 6.42 Å². The Labute approximate surface area is 97.8 Å². The molecule has 1 N–H and O–H groups in total. The molecule has 0 amide bonds. The second-order valence-electron chi connectivity index (χ2n) is 6.12. The number of rotatable bonds is 5. The van der Waals surface area contributed by atoms with Crippen LogP contribution >= 0.6 is 0 Å². The summed E-state index contributed by atoms with van der Waals surface area (Å²) in [6, 6.07) is 0. The maximum absolute atomic E-state index is 10.8. The first-order valence-electron chi connectivity index (χ1n) is 6.45. The maximum Gasteiger partial charge on any atom is 0.303 e. The van der Waals surface area contributed by atoms with Crippen molar-refractivity contribution in [2.24, 2.45) is 17.3 Å². The molecule has 0 aromatic carbocycles. The molecule has 1 aliphatic heterocycles. The van der Waals surface area contributed by atoms with Crippen LogP contribution in [0.2, 0.25) is 0 Å². The lowest BCUT2D eigenvalue weighted by molar-refractivity contribution is -0.142. The number of carboxylic acids is 1. The van der Waals surface area contributed by atoms with Gasteiger partial charge in [0.2, 0.25) is 0 Å². The quantitative estimate of drug-likeness (QED) is 0.780. The molecule has 2 rings (SSSR count). The SMILES string of the molecule is CC(C)C1CN(CC2(CC(=O)O)CCC2)C1. The molecule has 16 heavy (non-hydrogen) atoms. The normalized spacial score (nSPS) is 25.2. The van der Waals surface area contributed by atoms with Crippen molar-refractivity contribution in [1.82, 2.24) is 4.90 Å². The van der Waals surface area contributed by atoms with Crippen LogP contribution in [0.1, 0.15) is 39.5 Å². The fraction of sp³-hybridized carbons (Fsp3) is 0.923. The molecule has 1 aliphatic carbocycles. The van der Waals surface area contributed by atoms with Gasteiger partial charge < -0.3 is 10.0 Å². The summed E-state index contributed by atoms with van der Waals surface area (Å²) >= 11 is 0. The van der Waals surface area contributed by atoms with Crippen molar-refractivity contribution in [3.63, 3.8) is 0 Å². The van der Waals surface area contributed by atoms with E-state index in [0.29, 0.717) is 6.42 Å². The summed E-state index contributed by atoms with van der Waals surface area (Å²) in [7, 11) is 0. The van der Waals surface area contributed by atoms with Gasteiger partial charge in [-0.15, -0.1) is 0 Å².